The van der Waals surface area contributed by atoms with Crippen molar-refractivity contribution in [1.29, 1.82) is 0 Å². The fraction of sp³-hybridized carbons (Fsp3) is 0.0952. The first kappa shape index (κ1) is 19.7. The molecule has 1 aromatic heterocycles. The Labute approximate surface area is 165 Å². The first-order chi connectivity index (χ1) is 13.7. The third-order valence-corrected chi connectivity index (χ3v) is 4.40. The van der Waals surface area contributed by atoms with Gasteiger partial charge in [-0.15, -0.1) is 0 Å². The lowest BCUT2D eigenvalue weighted by molar-refractivity contribution is 0.0696. The number of hydrogen-bond donors (Lipinski definition) is 3. The fourth-order valence-electron chi connectivity index (χ4n) is 2.85. The van der Waals surface area contributed by atoms with Gasteiger partial charge in [0.05, 0.1) is 27.4 Å². The molecule has 0 amide bonds. The molecule has 1 heterocycles. The first-order valence-corrected chi connectivity index (χ1v) is 8.58. The molecule has 148 valence electrons. The van der Waals surface area contributed by atoms with Crippen LogP contribution < -0.4 is 21.0 Å². The van der Waals surface area contributed by atoms with E-state index in [9.17, 15) is 24.6 Å². The highest BCUT2D eigenvalue weighted by Crippen LogP contribution is 2.14. The van der Waals surface area contributed by atoms with Crippen LogP contribution in [0.4, 0.5) is 5.69 Å². The molecule has 29 heavy (non-hydrogen) atoms. The SMILES string of the molecule is C=c1[nH]n(-c2cc(C(=O)O)cc(C(=O)O)c2)c(=O)/c1=C\c1ccc(N(C)C)cc1. The molecular weight excluding hydrogens is 374 g/mol. The van der Waals surface area contributed by atoms with Gasteiger partial charge in [0.25, 0.3) is 5.56 Å². The lowest BCUT2D eigenvalue weighted by Gasteiger charge is -2.11. The maximum absolute atomic E-state index is 12.9. The van der Waals surface area contributed by atoms with Gasteiger partial charge < -0.3 is 15.1 Å². The Balaban J connectivity index is 2.16. The van der Waals surface area contributed by atoms with E-state index in [1.54, 1.807) is 6.08 Å². The summed E-state index contributed by atoms with van der Waals surface area (Å²) in [4.78, 5) is 37.5. The Hall–Kier alpha value is -4.07. The Morgan fingerprint density at radius 2 is 1.59 bits per heavy atom. The molecule has 8 nitrogen and oxygen atoms in total. The van der Waals surface area contributed by atoms with Crippen molar-refractivity contribution in [3.63, 3.8) is 0 Å². The number of hydrogen-bond acceptors (Lipinski definition) is 4. The molecule has 2 aromatic carbocycles. The summed E-state index contributed by atoms with van der Waals surface area (Å²) in [5.41, 5.74) is 0.948. The van der Waals surface area contributed by atoms with E-state index >= 15 is 0 Å². The third-order valence-electron chi connectivity index (χ3n) is 4.40. The number of H-pyrrole nitrogens is 1. The Morgan fingerprint density at radius 1 is 1.03 bits per heavy atom. The van der Waals surface area contributed by atoms with Crippen molar-refractivity contribution in [3.05, 3.63) is 80.1 Å². The maximum atomic E-state index is 12.9. The molecule has 8 heteroatoms. The zero-order valence-electron chi connectivity index (χ0n) is 15.8. The molecule has 0 saturated heterocycles. The van der Waals surface area contributed by atoms with E-state index in [4.69, 9.17) is 0 Å². The number of nitrogens with zero attached hydrogens (tertiary/aromatic N) is 2. The van der Waals surface area contributed by atoms with Gasteiger partial charge in [0.1, 0.15) is 0 Å². The van der Waals surface area contributed by atoms with Crippen LogP contribution in [-0.2, 0) is 0 Å². The Kier molecular flexibility index (Phi) is 5.10. The number of nitrogens with one attached hydrogen (secondary N) is 1. The lowest BCUT2D eigenvalue weighted by atomic mass is 10.1. The van der Waals surface area contributed by atoms with Gasteiger partial charge in [0, 0.05) is 19.8 Å². The summed E-state index contributed by atoms with van der Waals surface area (Å²) in [6.07, 6.45) is 1.66. The number of carboxylic acid groups (broad SMARTS) is 2. The average Bonchev–Trinajstić information content (AvgIpc) is 2.96. The molecular formula is C21H19N3O5. The topological polar surface area (TPSA) is 116 Å². The molecule has 0 radical (unpaired) electrons. The van der Waals surface area contributed by atoms with Gasteiger partial charge in [-0.3, -0.25) is 9.89 Å². The molecule has 3 aromatic rings. The summed E-state index contributed by atoms with van der Waals surface area (Å²) in [6, 6.07) is 11.0. The molecule has 0 aliphatic rings. The summed E-state index contributed by atoms with van der Waals surface area (Å²) in [6.45, 7) is 3.84. The predicted octanol–water partition coefficient (Wildman–Crippen LogP) is 0.867. The van der Waals surface area contributed by atoms with Crippen LogP contribution in [-0.4, -0.2) is 46.0 Å². The number of aromatic nitrogens is 2. The standard InChI is InChI=1S/C21H19N3O5/c1-12-18(8-13-4-6-16(7-5-13)23(2)3)19(25)24(22-12)17-10-14(20(26)27)9-15(11-17)21(28)29/h4-11,22H,1H2,2-3H3,(H,26,27)(H,28,29)/b18-8-. The second kappa shape index (κ2) is 7.51. The van der Waals surface area contributed by atoms with Crippen LogP contribution in [0.25, 0.3) is 18.3 Å². The van der Waals surface area contributed by atoms with Crippen molar-refractivity contribution in [3.8, 4) is 5.69 Å². The van der Waals surface area contributed by atoms with Crippen molar-refractivity contribution < 1.29 is 19.8 Å². The average molecular weight is 393 g/mol. The van der Waals surface area contributed by atoms with Crippen LogP contribution in [0.15, 0.2) is 47.3 Å². The van der Waals surface area contributed by atoms with E-state index in [0.717, 1.165) is 22.0 Å². The zero-order valence-corrected chi connectivity index (χ0v) is 15.8. The van der Waals surface area contributed by atoms with Crippen LogP contribution in [0.1, 0.15) is 26.3 Å². The van der Waals surface area contributed by atoms with Crippen molar-refractivity contribution in [2.75, 3.05) is 19.0 Å². The molecule has 3 N–H and O–H groups in total. The first-order valence-electron chi connectivity index (χ1n) is 8.58. The monoisotopic (exact) mass is 393 g/mol. The highest BCUT2D eigenvalue weighted by atomic mass is 16.4. The number of benzene rings is 2. The molecule has 0 saturated carbocycles. The van der Waals surface area contributed by atoms with Crippen LogP contribution in [0.5, 0.6) is 0 Å². The number of carbonyl (C=O) groups is 2. The molecule has 0 fully saturated rings. The summed E-state index contributed by atoms with van der Waals surface area (Å²) in [5.74, 6) is -2.59. The quantitative estimate of drug-likeness (QED) is 0.592. The van der Waals surface area contributed by atoms with Gasteiger partial charge in [-0.2, -0.15) is 0 Å². The normalized spacial score (nSPS) is 11.4. The van der Waals surface area contributed by atoms with Crippen LogP contribution in [0, 0.1) is 0 Å². The molecule has 0 atom stereocenters. The number of anilines is 1. The minimum absolute atomic E-state index is 0.0970. The lowest BCUT2D eigenvalue weighted by Crippen LogP contribution is -2.34. The molecule has 0 aliphatic heterocycles. The second-order valence-electron chi connectivity index (χ2n) is 6.65. The summed E-state index contributed by atoms with van der Waals surface area (Å²) < 4.78 is 1.08. The van der Waals surface area contributed by atoms with E-state index in [2.05, 4.69) is 11.7 Å². The van der Waals surface area contributed by atoms with Gasteiger partial charge >= 0.3 is 11.9 Å². The molecule has 0 spiro atoms. The predicted molar refractivity (Wildman–Crippen MR) is 109 cm³/mol. The van der Waals surface area contributed by atoms with Crippen molar-refractivity contribution in [1.82, 2.24) is 9.78 Å². The van der Waals surface area contributed by atoms with E-state index < -0.39 is 17.5 Å². The smallest absolute Gasteiger partial charge is 0.335 e. The summed E-state index contributed by atoms with van der Waals surface area (Å²) in [7, 11) is 3.85. The van der Waals surface area contributed by atoms with Crippen molar-refractivity contribution in [2.45, 2.75) is 0 Å². The highest BCUT2D eigenvalue weighted by molar-refractivity contribution is 5.94. The van der Waals surface area contributed by atoms with Gasteiger partial charge in [0.15, 0.2) is 0 Å². The summed E-state index contributed by atoms with van der Waals surface area (Å²) in [5, 5.41) is 21.9. The minimum Gasteiger partial charge on any atom is -0.478 e. The fourth-order valence-corrected chi connectivity index (χ4v) is 2.85. The van der Waals surface area contributed by atoms with Crippen molar-refractivity contribution >= 4 is 30.3 Å². The van der Waals surface area contributed by atoms with Crippen molar-refractivity contribution in [2.24, 2.45) is 0 Å². The molecule has 0 unspecified atom stereocenters. The number of rotatable bonds is 5. The van der Waals surface area contributed by atoms with Gasteiger partial charge in [-0.1, -0.05) is 18.7 Å². The van der Waals surface area contributed by atoms with Crippen LogP contribution >= 0.6 is 0 Å². The number of aromatic amines is 1. The molecule has 0 bridgehead atoms. The van der Waals surface area contributed by atoms with Gasteiger partial charge in [-0.25, -0.2) is 14.3 Å². The highest BCUT2D eigenvalue weighted by Gasteiger charge is 2.14. The van der Waals surface area contributed by atoms with E-state index in [1.807, 2.05) is 43.3 Å². The minimum atomic E-state index is -1.29. The third kappa shape index (κ3) is 3.96. The van der Waals surface area contributed by atoms with Gasteiger partial charge in [0.2, 0.25) is 0 Å². The van der Waals surface area contributed by atoms with Crippen LogP contribution in [0.2, 0.25) is 0 Å². The molecule has 0 aliphatic carbocycles. The maximum Gasteiger partial charge on any atom is 0.335 e. The Morgan fingerprint density at radius 3 is 2.07 bits per heavy atom. The number of aromatic carboxylic acids is 2. The molecule has 3 rings (SSSR count). The van der Waals surface area contributed by atoms with E-state index in [-0.39, 0.29) is 16.8 Å². The van der Waals surface area contributed by atoms with Gasteiger partial charge in [-0.05, 0) is 42.0 Å². The summed E-state index contributed by atoms with van der Waals surface area (Å²) >= 11 is 0. The number of carboxylic acids is 2. The van der Waals surface area contributed by atoms with E-state index in [1.165, 1.54) is 12.1 Å². The second-order valence-corrected chi connectivity index (χ2v) is 6.65. The zero-order chi connectivity index (χ0) is 21.3. The van der Waals surface area contributed by atoms with E-state index in [0.29, 0.717) is 10.6 Å². The largest absolute Gasteiger partial charge is 0.478 e. The Bertz CT molecular complexity index is 1230. The van der Waals surface area contributed by atoms with Crippen LogP contribution in [0.3, 0.4) is 0 Å².